The summed E-state index contributed by atoms with van der Waals surface area (Å²) in [6, 6.07) is 16.8. The molecule has 0 saturated heterocycles. The van der Waals surface area contributed by atoms with Crippen LogP contribution in [-0.4, -0.2) is 69.4 Å². The first-order valence-electron chi connectivity index (χ1n) is 14.1. The van der Waals surface area contributed by atoms with Gasteiger partial charge >= 0.3 is 11.9 Å². The molecule has 9 nitrogen and oxygen atoms in total. The molecule has 3 rings (SSSR count). The van der Waals surface area contributed by atoms with E-state index in [2.05, 4.69) is 10.3 Å². The molecule has 222 valence electrons. The predicted molar refractivity (Wildman–Crippen MR) is 157 cm³/mol. The van der Waals surface area contributed by atoms with Crippen molar-refractivity contribution in [2.75, 3.05) is 40.5 Å². The molecular weight excluding hydrogens is 524 g/mol. The minimum Gasteiger partial charge on any atom is -0.496 e. The Hall–Kier alpha value is -3.69. The number of unbranched alkanes of at least 4 members (excludes halogenated alkanes) is 3. The lowest BCUT2D eigenvalue weighted by Crippen LogP contribution is -2.36. The van der Waals surface area contributed by atoms with Gasteiger partial charge in [-0.1, -0.05) is 49.2 Å². The molecule has 0 spiro atoms. The Bertz CT molecular complexity index is 1200. The summed E-state index contributed by atoms with van der Waals surface area (Å²) >= 11 is 0. The van der Waals surface area contributed by atoms with E-state index in [1.165, 1.54) is 7.11 Å². The maximum atomic E-state index is 13.4. The quantitative estimate of drug-likeness (QED) is 0.226. The van der Waals surface area contributed by atoms with Gasteiger partial charge in [0.05, 0.1) is 26.4 Å². The van der Waals surface area contributed by atoms with Crippen LogP contribution in [0.4, 0.5) is 0 Å². The van der Waals surface area contributed by atoms with Crippen molar-refractivity contribution in [1.29, 1.82) is 0 Å². The third kappa shape index (κ3) is 9.16. The van der Waals surface area contributed by atoms with Crippen LogP contribution in [-0.2, 0) is 19.1 Å². The number of nitrogens with one attached hydrogen (secondary N) is 1. The summed E-state index contributed by atoms with van der Waals surface area (Å²) in [5.74, 6) is -1.05. The lowest BCUT2D eigenvalue weighted by molar-refractivity contribution is -0.144. The van der Waals surface area contributed by atoms with E-state index < -0.39 is 29.9 Å². The highest BCUT2D eigenvalue weighted by atomic mass is 16.5. The zero-order chi connectivity index (χ0) is 29.6. The molecule has 0 bridgehead atoms. The van der Waals surface area contributed by atoms with E-state index in [0.29, 0.717) is 41.3 Å². The molecule has 9 heteroatoms. The molecule has 0 aromatic heterocycles. The van der Waals surface area contributed by atoms with Gasteiger partial charge in [-0.05, 0) is 51.4 Å². The van der Waals surface area contributed by atoms with E-state index in [1.807, 2.05) is 48.5 Å². The normalized spacial score (nSPS) is 17.4. The van der Waals surface area contributed by atoms with Crippen molar-refractivity contribution >= 4 is 17.7 Å². The number of methoxy groups -OCH3 is 2. The van der Waals surface area contributed by atoms with Gasteiger partial charge in [-0.3, -0.25) is 9.79 Å². The Balaban J connectivity index is 1.45. The lowest BCUT2D eigenvalue weighted by Gasteiger charge is -2.32. The van der Waals surface area contributed by atoms with E-state index >= 15 is 0 Å². The second-order valence-electron chi connectivity index (χ2n) is 10.0. The number of esters is 2. The number of carbonyl (C=O) groups is 2. The van der Waals surface area contributed by atoms with Crippen molar-refractivity contribution in [3.63, 3.8) is 0 Å². The van der Waals surface area contributed by atoms with Gasteiger partial charge in [-0.25, -0.2) is 4.79 Å². The van der Waals surface area contributed by atoms with Crippen LogP contribution in [0.2, 0.25) is 0 Å². The minimum atomic E-state index is -0.765. The molecule has 3 atom stereocenters. The van der Waals surface area contributed by atoms with Crippen LogP contribution < -0.4 is 14.8 Å². The summed E-state index contributed by atoms with van der Waals surface area (Å²) in [6.07, 6.45) is 2.92. The van der Waals surface area contributed by atoms with Crippen LogP contribution in [0.15, 0.2) is 70.9 Å². The van der Waals surface area contributed by atoms with Crippen LogP contribution in [0, 0.1) is 5.92 Å². The number of benzene rings is 2. The van der Waals surface area contributed by atoms with Crippen molar-refractivity contribution < 1.29 is 33.6 Å². The molecule has 0 amide bonds. The Labute approximate surface area is 242 Å². The number of aliphatic imine (C=N–C) groups is 1. The number of ether oxygens (including phenoxy) is 4. The van der Waals surface area contributed by atoms with Crippen LogP contribution in [0.25, 0.3) is 0 Å². The van der Waals surface area contributed by atoms with Gasteiger partial charge in [0.2, 0.25) is 0 Å². The highest BCUT2D eigenvalue weighted by molar-refractivity contribution is 6.07. The molecule has 0 fully saturated rings. The predicted octanol–water partition coefficient (Wildman–Crippen LogP) is 4.45. The van der Waals surface area contributed by atoms with E-state index in [4.69, 9.17) is 18.9 Å². The second kappa shape index (κ2) is 16.5. The first-order chi connectivity index (χ1) is 19.9. The highest BCUT2D eigenvalue weighted by Crippen LogP contribution is 2.43. The summed E-state index contributed by atoms with van der Waals surface area (Å²) in [4.78, 5) is 30.7. The molecule has 1 aliphatic rings. The first kappa shape index (κ1) is 31.8. The number of hydrogen-bond donors (Lipinski definition) is 2. The monoisotopic (exact) mass is 566 g/mol. The van der Waals surface area contributed by atoms with Crippen molar-refractivity contribution in [2.45, 2.75) is 51.6 Å². The Morgan fingerprint density at radius 2 is 1.68 bits per heavy atom. The maximum Gasteiger partial charge on any atom is 0.336 e. The molecule has 0 radical (unpaired) electrons. The number of aliphatic hydroxyl groups excluding tert-OH is 1. The summed E-state index contributed by atoms with van der Waals surface area (Å²) in [5.41, 5.74) is 2.14. The van der Waals surface area contributed by atoms with E-state index in [-0.39, 0.29) is 13.2 Å². The van der Waals surface area contributed by atoms with Gasteiger partial charge in [0.25, 0.3) is 0 Å². The van der Waals surface area contributed by atoms with E-state index in [1.54, 1.807) is 27.0 Å². The zero-order valence-electron chi connectivity index (χ0n) is 24.4. The minimum absolute atomic E-state index is 0.238. The Morgan fingerprint density at radius 3 is 2.41 bits per heavy atom. The number of hydrogen-bond acceptors (Lipinski definition) is 9. The molecule has 0 aliphatic carbocycles. The standard InChI is InChI=1S/C32H42N2O7/c1-22-28(31(36)39-4)30(26-16-10-11-17-27(26)38-3)29(23(2)34-22)32(37)40-19-13-6-5-12-18-33-20-24(35)21-41-25-14-8-7-9-15-25/h7-11,14-17,24,28,30,33,35H,5-6,12-13,18-21H2,1-4H3. The van der Waals surface area contributed by atoms with Gasteiger partial charge in [-0.2, -0.15) is 0 Å². The highest BCUT2D eigenvalue weighted by Gasteiger charge is 2.43. The number of carbonyl (C=O) groups excluding carboxylic acids is 2. The van der Waals surface area contributed by atoms with Crippen LogP contribution in [0.5, 0.6) is 11.5 Å². The zero-order valence-corrected chi connectivity index (χ0v) is 24.4. The molecule has 41 heavy (non-hydrogen) atoms. The summed E-state index contributed by atoms with van der Waals surface area (Å²) in [7, 11) is 2.89. The van der Waals surface area contributed by atoms with Crippen LogP contribution >= 0.6 is 0 Å². The number of allylic oxidation sites excluding steroid dienone is 1. The Morgan fingerprint density at radius 1 is 0.976 bits per heavy atom. The molecule has 0 saturated carbocycles. The molecule has 2 aromatic rings. The van der Waals surface area contributed by atoms with Crippen LogP contribution in [0.3, 0.4) is 0 Å². The third-order valence-corrected chi connectivity index (χ3v) is 7.02. The fraction of sp³-hybridized carbons (Fsp3) is 0.469. The Kier molecular flexibility index (Phi) is 12.8. The van der Waals surface area contributed by atoms with Gasteiger partial charge in [-0.15, -0.1) is 0 Å². The number of nitrogens with zero attached hydrogens (tertiary/aromatic N) is 1. The van der Waals surface area contributed by atoms with Crippen LogP contribution in [0.1, 0.15) is 51.0 Å². The largest absolute Gasteiger partial charge is 0.496 e. The smallest absolute Gasteiger partial charge is 0.336 e. The summed E-state index contributed by atoms with van der Waals surface area (Å²) in [5, 5.41) is 13.3. The third-order valence-electron chi connectivity index (χ3n) is 7.02. The van der Waals surface area contributed by atoms with E-state index in [0.717, 1.165) is 31.6 Å². The summed E-state index contributed by atoms with van der Waals surface area (Å²) < 4.78 is 21.9. The molecule has 1 heterocycles. The van der Waals surface area contributed by atoms with Crippen molar-refractivity contribution in [2.24, 2.45) is 10.9 Å². The SMILES string of the molecule is COC(=O)C1C(C)=NC(C)=C(C(=O)OCCCCCCNCC(O)COc2ccccc2)C1c1ccccc1OC. The topological polar surface area (TPSA) is 116 Å². The van der Waals surface area contributed by atoms with Crippen molar-refractivity contribution in [3.8, 4) is 11.5 Å². The fourth-order valence-electron chi connectivity index (χ4n) is 4.98. The average molecular weight is 567 g/mol. The number of aliphatic hydroxyl groups is 1. The number of rotatable bonds is 16. The molecule has 2 N–H and O–H groups in total. The molecule has 3 unspecified atom stereocenters. The number of para-hydroxylation sites is 2. The van der Waals surface area contributed by atoms with Gasteiger partial charge in [0, 0.05) is 29.4 Å². The second-order valence-corrected chi connectivity index (χ2v) is 10.0. The fourth-order valence-corrected chi connectivity index (χ4v) is 4.98. The molecular formula is C32H42N2O7. The van der Waals surface area contributed by atoms with Gasteiger partial charge in [0.1, 0.15) is 30.1 Å². The maximum absolute atomic E-state index is 13.4. The molecule has 2 aromatic carbocycles. The summed E-state index contributed by atoms with van der Waals surface area (Å²) in [6.45, 7) is 5.27. The van der Waals surface area contributed by atoms with Crippen molar-refractivity contribution in [1.82, 2.24) is 5.32 Å². The van der Waals surface area contributed by atoms with E-state index in [9.17, 15) is 14.7 Å². The molecule has 1 aliphatic heterocycles. The first-order valence-corrected chi connectivity index (χ1v) is 14.1. The average Bonchev–Trinajstić information content (AvgIpc) is 2.98. The van der Waals surface area contributed by atoms with Gasteiger partial charge < -0.3 is 29.4 Å². The lowest BCUT2D eigenvalue weighted by atomic mass is 9.75. The van der Waals surface area contributed by atoms with Crippen molar-refractivity contribution in [3.05, 3.63) is 71.4 Å². The van der Waals surface area contributed by atoms with Gasteiger partial charge in [0.15, 0.2) is 0 Å².